The molecule has 0 spiro atoms. The Morgan fingerprint density at radius 1 is 1.57 bits per heavy atom. The summed E-state index contributed by atoms with van der Waals surface area (Å²) in [6, 6.07) is 3.45. The van der Waals surface area contributed by atoms with Crippen molar-refractivity contribution < 1.29 is 14.3 Å². The molecule has 14 heavy (non-hydrogen) atoms. The summed E-state index contributed by atoms with van der Waals surface area (Å²) in [5, 5.41) is 0. The minimum Gasteiger partial charge on any atom is -0.480 e. The summed E-state index contributed by atoms with van der Waals surface area (Å²) in [4.78, 5) is 14.7. The van der Waals surface area contributed by atoms with Crippen molar-refractivity contribution in [2.45, 2.75) is 6.54 Å². The Hall–Kier alpha value is -1.62. The largest absolute Gasteiger partial charge is 0.480 e. The van der Waals surface area contributed by atoms with Gasteiger partial charge < -0.3 is 15.2 Å². The van der Waals surface area contributed by atoms with E-state index in [-0.39, 0.29) is 6.61 Å². The Morgan fingerprint density at radius 2 is 2.36 bits per heavy atom. The van der Waals surface area contributed by atoms with Crippen molar-refractivity contribution in [1.29, 1.82) is 0 Å². The number of ether oxygens (including phenoxy) is 2. The predicted octanol–water partition coefficient (Wildman–Crippen LogP) is 0.0921. The molecule has 0 aliphatic rings. The molecular formula is C9H12N2O3. The first-order valence-corrected chi connectivity index (χ1v) is 4.11. The number of methoxy groups -OCH3 is 1. The molecule has 1 heterocycles. The molecule has 1 rings (SSSR count). The smallest absolute Gasteiger partial charge is 0.343 e. The number of aromatic nitrogens is 1. The van der Waals surface area contributed by atoms with Crippen molar-refractivity contribution in [3.63, 3.8) is 0 Å². The van der Waals surface area contributed by atoms with Crippen LogP contribution < -0.4 is 10.5 Å². The molecule has 76 valence electrons. The zero-order valence-corrected chi connectivity index (χ0v) is 7.90. The molecule has 1 aromatic rings. The Morgan fingerprint density at radius 3 is 2.86 bits per heavy atom. The van der Waals surface area contributed by atoms with Gasteiger partial charge in [-0.15, -0.1) is 0 Å². The molecule has 0 saturated carbocycles. The summed E-state index contributed by atoms with van der Waals surface area (Å²) < 4.78 is 9.49. The van der Waals surface area contributed by atoms with Crippen LogP contribution in [0.3, 0.4) is 0 Å². The van der Waals surface area contributed by atoms with Gasteiger partial charge in [-0.2, -0.15) is 0 Å². The van der Waals surface area contributed by atoms with E-state index in [1.165, 1.54) is 13.3 Å². The second kappa shape index (κ2) is 5.18. The molecule has 0 atom stereocenters. The van der Waals surface area contributed by atoms with Crippen molar-refractivity contribution in [3.8, 4) is 5.75 Å². The highest BCUT2D eigenvalue weighted by Gasteiger charge is 2.01. The summed E-state index contributed by atoms with van der Waals surface area (Å²) >= 11 is 0. The van der Waals surface area contributed by atoms with Crippen LogP contribution in [-0.2, 0) is 16.1 Å². The van der Waals surface area contributed by atoms with Crippen molar-refractivity contribution in [1.82, 2.24) is 4.98 Å². The second-order valence-electron chi connectivity index (χ2n) is 2.55. The maximum atomic E-state index is 10.7. The van der Waals surface area contributed by atoms with Gasteiger partial charge in [-0.1, -0.05) is 0 Å². The van der Waals surface area contributed by atoms with E-state index < -0.39 is 5.97 Å². The number of nitrogens with two attached hydrogens (primary N) is 1. The van der Waals surface area contributed by atoms with Crippen LogP contribution in [0.1, 0.15) is 5.69 Å². The number of pyridine rings is 1. The summed E-state index contributed by atoms with van der Waals surface area (Å²) in [5.74, 6) is 0.0977. The van der Waals surface area contributed by atoms with Crippen LogP contribution in [0.4, 0.5) is 0 Å². The van der Waals surface area contributed by atoms with Crippen LogP contribution in [0.15, 0.2) is 18.3 Å². The molecule has 0 unspecified atom stereocenters. The molecule has 0 amide bonds. The number of hydrogen-bond donors (Lipinski definition) is 1. The molecule has 0 radical (unpaired) electrons. The average molecular weight is 196 g/mol. The SMILES string of the molecule is COC(=O)COc1ccc(CN)nc1. The van der Waals surface area contributed by atoms with Gasteiger partial charge in [0.1, 0.15) is 5.75 Å². The van der Waals surface area contributed by atoms with Crippen LogP contribution >= 0.6 is 0 Å². The predicted molar refractivity (Wildman–Crippen MR) is 49.6 cm³/mol. The van der Waals surface area contributed by atoms with Crippen LogP contribution in [0.25, 0.3) is 0 Å². The van der Waals surface area contributed by atoms with E-state index in [0.29, 0.717) is 12.3 Å². The van der Waals surface area contributed by atoms with Gasteiger partial charge in [0.05, 0.1) is 19.0 Å². The fourth-order valence-electron chi connectivity index (χ4n) is 0.818. The van der Waals surface area contributed by atoms with Crippen molar-refractivity contribution in [3.05, 3.63) is 24.0 Å². The molecule has 5 nitrogen and oxygen atoms in total. The third-order valence-corrected chi connectivity index (χ3v) is 1.59. The standard InChI is InChI=1S/C9H12N2O3/c1-13-9(12)6-14-8-3-2-7(4-10)11-5-8/h2-3,5H,4,6,10H2,1H3. The lowest BCUT2D eigenvalue weighted by molar-refractivity contribution is -0.142. The second-order valence-corrected chi connectivity index (χ2v) is 2.55. The first-order chi connectivity index (χ1) is 6.76. The van der Waals surface area contributed by atoms with E-state index in [2.05, 4.69) is 9.72 Å². The third-order valence-electron chi connectivity index (χ3n) is 1.59. The lowest BCUT2D eigenvalue weighted by Gasteiger charge is -2.04. The Bertz CT molecular complexity index is 297. The van der Waals surface area contributed by atoms with Gasteiger partial charge in [-0.05, 0) is 12.1 Å². The van der Waals surface area contributed by atoms with E-state index in [4.69, 9.17) is 10.5 Å². The Kier molecular flexibility index (Phi) is 3.87. The number of carbonyl (C=O) groups is 1. The summed E-state index contributed by atoms with van der Waals surface area (Å²) in [6.45, 7) is 0.275. The quantitative estimate of drug-likeness (QED) is 0.691. The molecule has 2 N–H and O–H groups in total. The maximum Gasteiger partial charge on any atom is 0.343 e. The van der Waals surface area contributed by atoms with Gasteiger partial charge in [0.25, 0.3) is 0 Å². The first-order valence-electron chi connectivity index (χ1n) is 4.11. The van der Waals surface area contributed by atoms with Gasteiger partial charge in [0.15, 0.2) is 6.61 Å². The minimum absolute atomic E-state index is 0.111. The van der Waals surface area contributed by atoms with E-state index in [9.17, 15) is 4.79 Å². The lowest BCUT2D eigenvalue weighted by Crippen LogP contribution is -2.12. The fourth-order valence-corrected chi connectivity index (χ4v) is 0.818. The zero-order chi connectivity index (χ0) is 10.4. The summed E-state index contributed by atoms with van der Waals surface area (Å²) in [6.07, 6.45) is 1.52. The molecular weight excluding hydrogens is 184 g/mol. The average Bonchev–Trinajstić information content (AvgIpc) is 2.26. The molecule has 0 aromatic carbocycles. The number of esters is 1. The van der Waals surface area contributed by atoms with Crippen LogP contribution in [-0.4, -0.2) is 24.7 Å². The molecule has 0 aliphatic carbocycles. The highest BCUT2D eigenvalue weighted by Crippen LogP contribution is 2.08. The number of rotatable bonds is 4. The normalized spacial score (nSPS) is 9.57. The lowest BCUT2D eigenvalue weighted by atomic mass is 10.3. The van der Waals surface area contributed by atoms with Crippen molar-refractivity contribution in [2.24, 2.45) is 5.73 Å². The van der Waals surface area contributed by atoms with Crippen LogP contribution in [0.5, 0.6) is 5.75 Å². The van der Waals surface area contributed by atoms with E-state index in [1.54, 1.807) is 12.1 Å². The van der Waals surface area contributed by atoms with Gasteiger partial charge >= 0.3 is 5.97 Å². The molecule has 0 aliphatic heterocycles. The number of carbonyl (C=O) groups excluding carboxylic acids is 1. The Labute approximate surface area is 81.8 Å². The molecule has 0 bridgehead atoms. The van der Waals surface area contributed by atoms with Crippen molar-refractivity contribution >= 4 is 5.97 Å². The third kappa shape index (κ3) is 3.02. The zero-order valence-electron chi connectivity index (χ0n) is 7.90. The highest BCUT2D eigenvalue weighted by molar-refractivity contribution is 5.70. The first kappa shape index (κ1) is 10.5. The van der Waals surface area contributed by atoms with Gasteiger partial charge in [-0.25, -0.2) is 4.79 Å². The van der Waals surface area contributed by atoms with Crippen LogP contribution in [0.2, 0.25) is 0 Å². The van der Waals surface area contributed by atoms with Gasteiger partial charge in [-0.3, -0.25) is 4.98 Å². The number of nitrogens with zero attached hydrogens (tertiary/aromatic N) is 1. The number of hydrogen-bond acceptors (Lipinski definition) is 5. The van der Waals surface area contributed by atoms with Gasteiger partial charge in [0.2, 0.25) is 0 Å². The highest BCUT2D eigenvalue weighted by atomic mass is 16.6. The maximum absolute atomic E-state index is 10.7. The van der Waals surface area contributed by atoms with Crippen molar-refractivity contribution in [2.75, 3.05) is 13.7 Å². The monoisotopic (exact) mass is 196 g/mol. The molecule has 0 fully saturated rings. The summed E-state index contributed by atoms with van der Waals surface area (Å²) in [5.41, 5.74) is 6.14. The Balaban J connectivity index is 2.47. The van der Waals surface area contributed by atoms with Gasteiger partial charge in [0, 0.05) is 6.54 Å². The van der Waals surface area contributed by atoms with E-state index >= 15 is 0 Å². The topological polar surface area (TPSA) is 74.4 Å². The van der Waals surface area contributed by atoms with E-state index in [1.807, 2.05) is 0 Å². The summed E-state index contributed by atoms with van der Waals surface area (Å²) in [7, 11) is 1.31. The molecule has 1 aromatic heterocycles. The minimum atomic E-state index is -0.423. The molecule has 0 saturated heterocycles. The van der Waals surface area contributed by atoms with E-state index in [0.717, 1.165) is 5.69 Å². The van der Waals surface area contributed by atoms with Crippen LogP contribution in [0, 0.1) is 0 Å². The fraction of sp³-hybridized carbons (Fsp3) is 0.333. The molecule has 5 heteroatoms.